The zero-order chi connectivity index (χ0) is 12.3. The third kappa shape index (κ3) is 2.93. The molecule has 0 heterocycles. The maximum absolute atomic E-state index is 11.3. The minimum absolute atomic E-state index is 0.0635. The molecule has 1 N–H and O–H groups in total. The van der Waals surface area contributed by atoms with Crippen molar-refractivity contribution in [3.8, 4) is 0 Å². The zero-order valence-electron chi connectivity index (χ0n) is 9.82. The van der Waals surface area contributed by atoms with E-state index in [0.29, 0.717) is 4.90 Å². The molecule has 16 heavy (non-hydrogen) atoms. The predicted molar refractivity (Wildman–Crippen MR) is 66.2 cm³/mol. The molecule has 0 radical (unpaired) electrons. The number of nitrogens with one attached hydrogen (secondary N) is 1. The maximum atomic E-state index is 11.3. The van der Waals surface area contributed by atoms with E-state index < -0.39 is 9.84 Å². The van der Waals surface area contributed by atoms with Gasteiger partial charge in [0, 0.05) is 6.26 Å². The highest BCUT2D eigenvalue weighted by atomic mass is 32.2. The van der Waals surface area contributed by atoms with Crippen molar-refractivity contribution in [2.24, 2.45) is 0 Å². The Hall–Kier alpha value is -1.13. The van der Waals surface area contributed by atoms with E-state index in [1.165, 1.54) is 6.26 Å². The van der Waals surface area contributed by atoms with Crippen LogP contribution in [0.5, 0.6) is 0 Å². The first-order valence-electron chi connectivity index (χ1n) is 4.99. The summed E-state index contributed by atoms with van der Waals surface area (Å²) in [6.07, 6.45) is 1.20. The molecule has 0 aliphatic heterocycles. The molecular formula is C12H17NO2S. The van der Waals surface area contributed by atoms with Crippen molar-refractivity contribution in [1.29, 1.82) is 0 Å². The molecule has 1 aromatic rings. The number of rotatable bonds is 4. The second-order valence-corrected chi connectivity index (χ2v) is 5.92. The van der Waals surface area contributed by atoms with Gasteiger partial charge in [0.05, 0.1) is 10.9 Å². The molecule has 3 nitrogen and oxygen atoms in total. The third-order valence-electron chi connectivity index (χ3n) is 2.42. The lowest BCUT2D eigenvalue weighted by Crippen LogP contribution is -2.17. The Morgan fingerprint density at radius 1 is 1.31 bits per heavy atom. The second kappa shape index (κ2) is 4.80. The lowest BCUT2D eigenvalue weighted by molar-refractivity contribution is 0.601. The molecule has 1 unspecified atom stereocenters. The van der Waals surface area contributed by atoms with Gasteiger partial charge in [0.25, 0.3) is 0 Å². The van der Waals surface area contributed by atoms with Crippen LogP contribution in [-0.2, 0) is 9.84 Å². The van der Waals surface area contributed by atoms with E-state index in [2.05, 4.69) is 11.9 Å². The van der Waals surface area contributed by atoms with Crippen LogP contribution in [0.1, 0.15) is 18.5 Å². The summed E-state index contributed by atoms with van der Waals surface area (Å²) in [5.41, 5.74) is 2.01. The highest BCUT2D eigenvalue weighted by molar-refractivity contribution is 7.90. The highest BCUT2D eigenvalue weighted by Gasteiger charge is 2.11. The Morgan fingerprint density at radius 2 is 1.81 bits per heavy atom. The van der Waals surface area contributed by atoms with Crippen LogP contribution in [-0.4, -0.2) is 21.7 Å². The van der Waals surface area contributed by atoms with Crippen LogP contribution in [0.3, 0.4) is 0 Å². The Kier molecular flexibility index (Phi) is 3.88. The van der Waals surface area contributed by atoms with Gasteiger partial charge in [-0.25, -0.2) is 8.42 Å². The summed E-state index contributed by atoms with van der Waals surface area (Å²) in [5.74, 6) is 0. The molecule has 0 spiro atoms. The molecule has 0 bridgehead atoms. The summed E-state index contributed by atoms with van der Waals surface area (Å²) in [4.78, 5) is 0.341. The normalized spacial score (nSPS) is 13.4. The van der Waals surface area contributed by atoms with Crippen LogP contribution >= 0.6 is 0 Å². The minimum atomic E-state index is -3.12. The maximum Gasteiger partial charge on any atom is 0.175 e. The third-order valence-corrected chi connectivity index (χ3v) is 3.55. The van der Waals surface area contributed by atoms with E-state index in [9.17, 15) is 8.42 Å². The summed E-state index contributed by atoms with van der Waals surface area (Å²) in [5, 5.41) is 3.13. The molecule has 1 atom stereocenters. The molecule has 0 aliphatic rings. The van der Waals surface area contributed by atoms with Gasteiger partial charge in [0.2, 0.25) is 0 Å². The topological polar surface area (TPSA) is 46.2 Å². The summed E-state index contributed by atoms with van der Waals surface area (Å²) in [7, 11) is -1.26. The second-order valence-electron chi connectivity index (χ2n) is 3.91. The Bertz CT molecular complexity index is 474. The van der Waals surface area contributed by atoms with Crippen LogP contribution in [0, 0.1) is 0 Å². The summed E-state index contributed by atoms with van der Waals surface area (Å²) in [6.45, 7) is 5.83. The summed E-state index contributed by atoms with van der Waals surface area (Å²) >= 11 is 0. The quantitative estimate of drug-likeness (QED) is 0.817. The number of sulfone groups is 1. The molecule has 0 saturated carbocycles. The molecule has 1 aromatic carbocycles. The summed E-state index contributed by atoms with van der Waals surface area (Å²) < 4.78 is 22.6. The zero-order valence-corrected chi connectivity index (χ0v) is 10.6. The lowest BCUT2D eigenvalue weighted by atomic mass is 10.0. The van der Waals surface area contributed by atoms with Gasteiger partial charge in [-0.3, -0.25) is 0 Å². The van der Waals surface area contributed by atoms with Gasteiger partial charge in [0.1, 0.15) is 0 Å². The fourth-order valence-electron chi connectivity index (χ4n) is 1.61. The molecule has 0 fully saturated rings. The first-order valence-corrected chi connectivity index (χ1v) is 6.88. The van der Waals surface area contributed by atoms with Crippen molar-refractivity contribution in [1.82, 2.24) is 5.32 Å². The average molecular weight is 239 g/mol. The molecule has 4 heteroatoms. The van der Waals surface area contributed by atoms with Crippen LogP contribution in [0.15, 0.2) is 41.3 Å². The first-order chi connectivity index (χ1) is 7.36. The van der Waals surface area contributed by atoms with Crippen molar-refractivity contribution >= 4 is 9.84 Å². The van der Waals surface area contributed by atoms with Crippen molar-refractivity contribution in [3.05, 3.63) is 42.0 Å². The SMILES string of the molecule is C=C(C)C(NC)c1ccc(S(C)(=O)=O)cc1. The minimum Gasteiger partial charge on any atom is -0.310 e. The van der Waals surface area contributed by atoms with Gasteiger partial charge >= 0.3 is 0 Å². The van der Waals surface area contributed by atoms with Gasteiger partial charge < -0.3 is 5.32 Å². The van der Waals surface area contributed by atoms with Gasteiger partial charge in [-0.05, 0) is 31.7 Å². The van der Waals surface area contributed by atoms with Gasteiger partial charge in [0.15, 0.2) is 9.84 Å². The van der Waals surface area contributed by atoms with E-state index in [-0.39, 0.29) is 6.04 Å². The van der Waals surface area contributed by atoms with E-state index in [4.69, 9.17) is 0 Å². The monoisotopic (exact) mass is 239 g/mol. The number of likely N-dealkylation sites (N-methyl/N-ethyl adjacent to an activating group) is 1. The largest absolute Gasteiger partial charge is 0.310 e. The van der Waals surface area contributed by atoms with Gasteiger partial charge in [-0.2, -0.15) is 0 Å². The lowest BCUT2D eigenvalue weighted by Gasteiger charge is -2.16. The van der Waals surface area contributed by atoms with Crippen LogP contribution in [0.2, 0.25) is 0 Å². The van der Waals surface area contributed by atoms with Crippen LogP contribution in [0.25, 0.3) is 0 Å². The predicted octanol–water partition coefficient (Wildman–Crippen LogP) is 1.93. The van der Waals surface area contributed by atoms with Crippen molar-refractivity contribution < 1.29 is 8.42 Å². The molecule has 0 amide bonds. The van der Waals surface area contributed by atoms with Crippen molar-refractivity contribution in [2.75, 3.05) is 13.3 Å². The highest BCUT2D eigenvalue weighted by Crippen LogP contribution is 2.21. The Balaban J connectivity index is 3.08. The fourth-order valence-corrected chi connectivity index (χ4v) is 2.24. The number of benzene rings is 1. The Labute approximate surface area is 97.1 Å². The molecule has 0 aromatic heterocycles. The summed E-state index contributed by atoms with van der Waals surface area (Å²) in [6, 6.07) is 6.93. The molecule has 88 valence electrons. The van der Waals surface area contributed by atoms with Gasteiger partial charge in [-0.1, -0.05) is 24.3 Å². The van der Waals surface area contributed by atoms with Crippen LogP contribution < -0.4 is 5.32 Å². The van der Waals surface area contributed by atoms with E-state index in [1.807, 2.05) is 26.1 Å². The molecule has 0 aliphatic carbocycles. The average Bonchev–Trinajstić information content (AvgIpc) is 2.17. The Morgan fingerprint density at radius 3 is 2.12 bits per heavy atom. The standard InChI is InChI=1S/C12H17NO2S/c1-9(2)12(13-3)10-5-7-11(8-6-10)16(4,14)15/h5-8,12-13H,1H2,2-4H3. The molecular weight excluding hydrogens is 222 g/mol. The van der Waals surface area contributed by atoms with Crippen molar-refractivity contribution in [2.45, 2.75) is 17.9 Å². The van der Waals surface area contributed by atoms with Gasteiger partial charge in [-0.15, -0.1) is 0 Å². The van der Waals surface area contributed by atoms with E-state index >= 15 is 0 Å². The first kappa shape index (κ1) is 12.9. The van der Waals surface area contributed by atoms with E-state index in [1.54, 1.807) is 12.1 Å². The molecule has 0 saturated heterocycles. The molecule has 1 rings (SSSR count). The van der Waals surface area contributed by atoms with Crippen LogP contribution in [0.4, 0.5) is 0 Å². The number of hydrogen-bond donors (Lipinski definition) is 1. The fraction of sp³-hybridized carbons (Fsp3) is 0.333. The smallest absolute Gasteiger partial charge is 0.175 e. The number of hydrogen-bond acceptors (Lipinski definition) is 3. The van der Waals surface area contributed by atoms with E-state index in [0.717, 1.165) is 11.1 Å². The van der Waals surface area contributed by atoms with Crippen molar-refractivity contribution in [3.63, 3.8) is 0 Å².